The third-order valence-corrected chi connectivity index (χ3v) is 6.52. The van der Waals surface area contributed by atoms with Crippen LogP contribution in [0.25, 0.3) is 10.2 Å². The Labute approximate surface area is 182 Å². The van der Waals surface area contributed by atoms with Crippen LogP contribution < -0.4 is 14.9 Å². The molecule has 0 radical (unpaired) electrons. The number of amides is 2. The zero-order valence-corrected chi connectivity index (χ0v) is 18.9. The molecule has 1 aromatic carbocycles. The third kappa shape index (κ3) is 5.79. The molecule has 0 saturated heterocycles. The van der Waals surface area contributed by atoms with Crippen LogP contribution in [0.3, 0.4) is 0 Å². The van der Waals surface area contributed by atoms with Crippen molar-refractivity contribution in [1.29, 1.82) is 0 Å². The van der Waals surface area contributed by atoms with Gasteiger partial charge in [-0.15, -0.1) is 0 Å². The van der Waals surface area contributed by atoms with E-state index in [0.29, 0.717) is 29.5 Å². The lowest BCUT2D eigenvalue weighted by atomic mass is 10.3. The molecule has 10 nitrogen and oxygen atoms in total. The second-order valence-electron chi connectivity index (χ2n) is 6.60. The second kappa shape index (κ2) is 9.43. The SMILES string of the molecule is CCOc1ccc2c(c1)sc(=NC(=O)CS(=O)(=O)CC(=O)Nc1cc(C)on1)n2CC. The van der Waals surface area contributed by atoms with Crippen LogP contribution in [0.4, 0.5) is 5.82 Å². The highest BCUT2D eigenvalue weighted by molar-refractivity contribution is 7.92. The van der Waals surface area contributed by atoms with Crippen molar-refractivity contribution in [2.24, 2.45) is 4.99 Å². The van der Waals surface area contributed by atoms with Crippen molar-refractivity contribution in [2.75, 3.05) is 23.4 Å². The average molecular weight is 467 g/mol. The smallest absolute Gasteiger partial charge is 0.263 e. The lowest BCUT2D eigenvalue weighted by Crippen LogP contribution is -2.28. The quantitative estimate of drug-likeness (QED) is 0.536. The second-order valence-corrected chi connectivity index (χ2v) is 9.67. The number of hydrogen-bond acceptors (Lipinski definition) is 8. The van der Waals surface area contributed by atoms with Gasteiger partial charge in [0.25, 0.3) is 5.91 Å². The first kappa shape index (κ1) is 22.7. The van der Waals surface area contributed by atoms with Crippen molar-refractivity contribution in [3.05, 3.63) is 34.8 Å². The lowest BCUT2D eigenvalue weighted by Gasteiger charge is -2.04. The molecule has 0 saturated carbocycles. The number of aryl methyl sites for hydroxylation is 2. The summed E-state index contributed by atoms with van der Waals surface area (Å²) in [5, 5.41) is 5.88. The Morgan fingerprint density at radius 2 is 2.03 bits per heavy atom. The molecule has 3 rings (SSSR count). The number of ether oxygens (including phenoxy) is 1. The van der Waals surface area contributed by atoms with Crippen molar-refractivity contribution in [3.8, 4) is 5.75 Å². The molecule has 0 spiro atoms. The topological polar surface area (TPSA) is 133 Å². The minimum absolute atomic E-state index is 0.106. The van der Waals surface area contributed by atoms with Gasteiger partial charge in [0.05, 0.1) is 16.8 Å². The van der Waals surface area contributed by atoms with Gasteiger partial charge in [0.15, 0.2) is 20.5 Å². The van der Waals surface area contributed by atoms with Gasteiger partial charge in [-0.1, -0.05) is 16.5 Å². The fraction of sp³-hybridized carbons (Fsp3) is 0.368. The molecule has 0 aliphatic carbocycles. The predicted octanol–water partition coefficient (Wildman–Crippen LogP) is 1.90. The van der Waals surface area contributed by atoms with Crippen molar-refractivity contribution in [2.45, 2.75) is 27.3 Å². The van der Waals surface area contributed by atoms with Crippen molar-refractivity contribution < 1.29 is 27.3 Å². The van der Waals surface area contributed by atoms with Gasteiger partial charge in [-0.3, -0.25) is 9.59 Å². The van der Waals surface area contributed by atoms with E-state index >= 15 is 0 Å². The first-order valence-electron chi connectivity index (χ1n) is 9.48. The molecule has 31 heavy (non-hydrogen) atoms. The molecule has 2 aromatic heterocycles. The standard InChI is InChI=1S/C19H22N4O6S2/c1-4-23-14-7-6-13(28-5-2)9-15(14)30-19(23)21-18(25)11-31(26,27)10-17(24)20-16-8-12(3)29-22-16/h6-9H,4-5,10-11H2,1-3H3,(H,20,22,24). The zero-order valence-electron chi connectivity index (χ0n) is 17.2. The summed E-state index contributed by atoms with van der Waals surface area (Å²) in [4.78, 5) is 28.7. The number of sulfone groups is 1. The van der Waals surface area contributed by atoms with E-state index < -0.39 is 33.2 Å². The largest absolute Gasteiger partial charge is 0.494 e. The van der Waals surface area contributed by atoms with Gasteiger partial charge in [0.2, 0.25) is 5.91 Å². The van der Waals surface area contributed by atoms with Crippen LogP contribution in [0, 0.1) is 6.92 Å². The molecule has 0 bridgehead atoms. The summed E-state index contributed by atoms with van der Waals surface area (Å²) < 4.78 is 37.5. The van der Waals surface area contributed by atoms with Gasteiger partial charge in [-0.05, 0) is 39.0 Å². The minimum Gasteiger partial charge on any atom is -0.494 e. The van der Waals surface area contributed by atoms with Crippen LogP contribution in [0.1, 0.15) is 19.6 Å². The predicted molar refractivity (Wildman–Crippen MR) is 116 cm³/mol. The molecule has 0 unspecified atom stereocenters. The summed E-state index contributed by atoms with van der Waals surface area (Å²) in [6, 6.07) is 7.01. The number of hydrogen-bond donors (Lipinski definition) is 1. The molecule has 12 heteroatoms. The Bertz CT molecular complexity index is 1290. The fourth-order valence-electron chi connectivity index (χ4n) is 2.88. The number of thiazole rings is 1. The highest BCUT2D eigenvalue weighted by Gasteiger charge is 2.22. The summed E-state index contributed by atoms with van der Waals surface area (Å²) in [6.07, 6.45) is 0. The molecule has 1 N–H and O–H groups in total. The average Bonchev–Trinajstić information content (AvgIpc) is 3.22. The lowest BCUT2D eigenvalue weighted by molar-refractivity contribution is -0.115. The molecular formula is C19H22N4O6S2. The van der Waals surface area contributed by atoms with E-state index in [2.05, 4.69) is 15.5 Å². The number of anilines is 1. The molecule has 0 aliphatic heterocycles. The number of fused-ring (bicyclic) bond motifs is 1. The van der Waals surface area contributed by atoms with Crippen LogP contribution in [0.5, 0.6) is 5.75 Å². The molecule has 0 fully saturated rings. The van der Waals surface area contributed by atoms with Gasteiger partial charge in [-0.2, -0.15) is 4.99 Å². The van der Waals surface area contributed by atoms with Gasteiger partial charge in [0, 0.05) is 12.6 Å². The maximum absolute atomic E-state index is 12.3. The Kier molecular flexibility index (Phi) is 6.91. The molecule has 0 atom stereocenters. The van der Waals surface area contributed by atoms with E-state index in [-0.39, 0.29) is 5.82 Å². The first-order chi connectivity index (χ1) is 14.7. The van der Waals surface area contributed by atoms with Gasteiger partial charge in [-0.25, -0.2) is 8.42 Å². The number of carbonyl (C=O) groups excluding carboxylic acids is 2. The van der Waals surface area contributed by atoms with E-state index in [1.54, 1.807) is 6.92 Å². The van der Waals surface area contributed by atoms with E-state index in [4.69, 9.17) is 9.26 Å². The fourth-order valence-corrected chi connectivity index (χ4v) is 5.04. The molecule has 2 heterocycles. The van der Waals surface area contributed by atoms with Crippen LogP contribution in [-0.4, -0.2) is 48.1 Å². The molecular weight excluding hydrogens is 444 g/mol. The van der Waals surface area contributed by atoms with E-state index in [1.807, 2.05) is 36.6 Å². The normalized spacial score (nSPS) is 12.3. The first-order valence-corrected chi connectivity index (χ1v) is 12.1. The van der Waals surface area contributed by atoms with Crippen LogP contribution >= 0.6 is 11.3 Å². The summed E-state index contributed by atoms with van der Waals surface area (Å²) in [5.74, 6) is -2.12. The Morgan fingerprint density at radius 3 is 2.68 bits per heavy atom. The maximum atomic E-state index is 12.3. The number of rotatable bonds is 8. The van der Waals surface area contributed by atoms with E-state index in [9.17, 15) is 18.0 Å². The zero-order chi connectivity index (χ0) is 22.6. The van der Waals surface area contributed by atoms with Gasteiger partial charge in [0.1, 0.15) is 23.0 Å². The van der Waals surface area contributed by atoms with Crippen molar-refractivity contribution in [3.63, 3.8) is 0 Å². The molecule has 3 aromatic rings. The van der Waals surface area contributed by atoms with Crippen LogP contribution in [0.2, 0.25) is 0 Å². The maximum Gasteiger partial charge on any atom is 0.263 e. The number of nitrogens with zero attached hydrogens (tertiary/aromatic N) is 3. The van der Waals surface area contributed by atoms with E-state index in [0.717, 1.165) is 10.2 Å². The number of nitrogens with one attached hydrogen (secondary N) is 1. The Balaban J connectivity index is 1.76. The monoisotopic (exact) mass is 466 g/mol. The molecule has 2 amide bonds. The van der Waals surface area contributed by atoms with Gasteiger partial charge < -0.3 is 19.1 Å². The summed E-state index contributed by atoms with van der Waals surface area (Å²) >= 11 is 1.26. The van der Waals surface area contributed by atoms with Crippen LogP contribution in [0.15, 0.2) is 33.8 Å². The van der Waals surface area contributed by atoms with E-state index in [1.165, 1.54) is 17.4 Å². The number of benzene rings is 1. The highest BCUT2D eigenvalue weighted by Crippen LogP contribution is 2.23. The van der Waals surface area contributed by atoms with Gasteiger partial charge >= 0.3 is 0 Å². The highest BCUT2D eigenvalue weighted by atomic mass is 32.2. The molecule has 0 aliphatic rings. The summed E-state index contributed by atoms with van der Waals surface area (Å²) in [6.45, 7) is 6.50. The molecule has 166 valence electrons. The van der Waals surface area contributed by atoms with Crippen molar-refractivity contribution >= 4 is 49.0 Å². The Hall–Kier alpha value is -2.99. The third-order valence-electron chi connectivity index (χ3n) is 4.09. The summed E-state index contributed by atoms with van der Waals surface area (Å²) in [7, 11) is -4.02. The summed E-state index contributed by atoms with van der Waals surface area (Å²) in [5.41, 5.74) is 0.868. The minimum atomic E-state index is -4.02. The number of carbonyl (C=O) groups is 2. The number of aromatic nitrogens is 2. The van der Waals surface area contributed by atoms with Crippen molar-refractivity contribution in [1.82, 2.24) is 9.72 Å². The Morgan fingerprint density at radius 1 is 1.26 bits per heavy atom. The van der Waals surface area contributed by atoms with Crippen LogP contribution in [-0.2, 0) is 26.0 Å².